The van der Waals surface area contributed by atoms with E-state index in [4.69, 9.17) is 4.74 Å². The van der Waals surface area contributed by atoms with Crippen molar-refractivity contribution in [3.8, 4) is 5.75 Å². The zero-order valence-corrected chi connectivity index (χ0v) is 19.0. The maximum atomic E-state index is 13.6. The molecule has 172 valence electrons. The molecule has 0 bridgehead atoms. The minimum absolute atomic E-state index is 0.129. The lowest BCUT2D eigenvalue weighted by molar-refractivity contribution is -0.133. The number of rotatable bonds is 8. The summed E-state index contributed by atoms with van der Waals surface area (Å²) in [6.07, 6.45) is 2.83. The lowest BCUT2D eigenvalue weighted by Crippen LogP contribution is -2.52. The second-order valence-corrected chi connectivity index (χ2v) is 8.49. The summed E-state index contributed by atoms with van der Waals surface area (Å²) in [7, 11) is 0. The maximum Gasteiger partial charge on any atom is 0.234 e. The van der Waals surface area contributed by atoms with Crippen molar-refractivity contribution >= 4 is 5.91 Å². The first-order chi connectivity index (χ1) is 16.1. The molecule has 6 heteroatoms. The molecule has 6 nitrogen and oxygen atoms in total. The van der Waals surface area contributed by atoms with Crippen LogP contribution in [0.1, 0.15) is 22.6 Å². The minimum Gasteiger partial charge on any atom is -0.490 e. The second kappa shape index (κ2) is 11.1. The Morgan fingerprint density at radius 3 is 2.15 bits per heavy atom. The fourth-order valence-corrected chi connectivity index (χ4v) is 4.26. The number of hydrogen-bond acceptors (Lipinski definition) is 5. The minimum atomic E-state index is -0.596. The maximum absolute atomic E-state index is 13.6. The molecular weight excluding hydrogens is 414 g/mol. The lowest BCUT2D eigenvalue weighted by Gasteiger charge is -2.37. The van der Waals surface area contributed by atoms with Gasteiger partial charge in [-0.05, 0) is 24.1 Å². The molecule has 0 spiro atoms. The molecule has 1 N–H and O–H groups in total. The van der Waals surface area contributed by atoms with Crippen LogP contribution in [0.25, 0.3) is 0 Å². The summed E-state index contributed by atoms with van der Waals surface area (Å²) >= 11 is 0. The van der Waals surface area contributed by atoms with Gasteiger partial charge in [-0.3, -0.25) is 14.7 Å². The smallest absolute Gasteiger partial charge is 0.234 e. The van der Waals surface area contributed by atoms with Gasteiger partial charge in [-0.2, -0.15) is 0 Å². The average molecular weight is 446 g/mol. The third kappa shape index (κ3) is 5.97. The van der Waals surface area contributed by atoms with Gasteiger partial charge in [0.15, 0.2) is 0 Å². The number of piperazine rings is 1. The van der Waals surface area contributed by atoms with Crippen molar-refractivity contribution in [2.75, 3.05) is 39.3 Å². The summed E-state index contributed by atoms with van der Waals surface area (Å²) < 4.78 is 5.75. The Morgan fingerprint density at radius 2 is 1.58 bits per heavy atom. The Hall–Kier alpha value is -3.22. The molecule has 0 radical (unpaired) electrons. The Bertz CT molecular complexity index is 982. The zero-order valence-electron chi connectivity index (χ0n) is 19.0. The van der Waals surface area contributed by atoms with Gasteiger partial charge in [0.05, 0.1) is 5.92 Å². The molecule has 3 aromatic rings. The van der Waals surface area contributed by atoms with Crippen molar-refractivity contribution in [1.82, 2.24) is 14.8 Å². The molecule has 4 rings (SSSR count). The number of β-amino-alcohol motifs (C(OH)–C–C–N with tert-alkyl or cyclic N) is 1. The van der Waals surface area contributed by atoms with Crippen LogP contribution in [-0.4, -0.2) is 71.2 Å². The van der Waals surface area contributed by atoms with Gasteiger partial charge >= 0.3 is 0 Å². The van der Waals surface area contributed by atoms with E-state index < -0.39 is 6.10 Å². The van der Waals surface area contributed by atoms with Gasteiger partial charge in [0.2, 0.25) is 5.91 Å². The van der Waals surface area contributed by atoms with Crippen LogP contribution in [0.3, 0.4) is 0 Å². The summed E-state index contributed by atoms with van der Waals surface area (Å²) in [6.45, 7) is 5.43. The molecule has 1 fully saturated rings. The number of aliphatic hydroxyl groups is 1. The number of aryl methyl sites for hydroxylation is 1. The number of carbonyl (C=O) groups is 1. The fraction of sp³-hybridized carbons (Fsp3) is 0.333. The van der Waals surface area contributed by atoms with Gasteiger partial charge in [0.1, 0.15) is 18.5 Å². The SMILES string of the molecule is Cc1cnccc1OCC(O)CN1CCN(C(=O)C(c2ccccc2)c2ccccc2)CC1. The third-order valence-corrected chi connectivity index (χ3v) is 6.07. The average Bonchev–Trinajstić information content (AvgIpc) is 2.85. The van der Waals surface area contributed by atoms with E-state index in [1.807, 2.05) is 78.6 Å². The number of ether oxygens (including phenoxy) is 1. The number of aliphatic hydroxyl groups excluding tert-OH is 1. The van der Waals surface area contributed by atoms with Crippen molar-refractivity contribution < 1.29 is 14.6 Å². The van der Waals surface area contributed by atoms with Crippen LogP contribution >= 0.6 is 0 Å². The molecule has 33 heavy (non-hydrogen) atoms. The Morgan fingerprint density at radius 1 is 0.970 bits per heavy atom. The van der Waals surface area contributed by atoms with Gasteiger partial charge in [-0.25, -0.2) is 0 Å². The van der Waals surface area contributed by atoms with E-state index in [1.165, 1.54) is 0 Å². The largest absolute Gasteiger partial charge is 0.490 e. The van der Waals surface area contributed by atoms with E-state index in [2.05, 4.69) is 9.88 Å². The molecule has 1 amide bonds. The highest BCUT2D eigenvalue weighted by Crippen LogP contribution is 2.27. The molecule has 2 aromatic carbocycles. The number of aromatic nitrogens is 1. The van der Waals surface area contributed by atoms with Gasteiger partial charge in [-0.15, -0.1) is 0 Å². The standard InChI is InChI=1S/C27H31N3O3/c1-21-18-28-13-12-25(21)33-20-24(31)19-29-14-16-30(17-15-29)27(32)26(22-8-4-2-5-9-22)23-10-6-3-7-11-23/h2-13,18,24,26,31H,14-17,19-20H2,1H3. The summed E-state index contributed by atoms with van der Waals surface area (Å²) in [5.74, 6) is 0.568. The number of hydrogen-bond donors (Lipinski definition) is 1. The number of carbonyl (C=O) groups excluding carboxylic acids is 1. The fourth-order valence-electron chi connectivity index (χ4n) is 4.26. The summed E-state index contributed by atoms with van der Waals surface area (Å²) in [5.41, 5.74) is 2.97. The van der Waals surface area contributed by atoms with Gasteiger partial charge < -0.3 is 14.7 Å². The van der Waals surface area contributed by atoms with Gasteiger partial charge in [-0.1, -0.05) is 60.7 Å². The van der Waals surface area contributed by atoms with Crippen molar-refractivity contribution in [3.05, 3.63) is 95.8 Å². The first-order valence-electron chi connectivity index (χ1n) is 11.4. The van der Waals surface area contributed by atoms with Crippen LogP contribution in [-0.2, 0) is 4.79 Å². The lowest BCUT2D eigenvalue weighted by atomic mass is 9.90. The molecule has 1 saturated heterocycles. The number of amides is 1. The van der Waals surface area contributed by atoms with Crippen LogP contribution in [0.4, 0.5) is 0 Å². The molecule has 1 aromatic heterocycles. The Kier molecular flexibility index (Phi) is 7.70. The van der Waals surface area contributed by atoms with Crippen molar-refractivity contribution in [2.45, 2.75) is 18.9 Å². The van der Waals surface area contributed by atoms with E-state index >= 15 is 0 Å². The van der Waals surface area contributed by atoms with Crippen molar-refractivity contribution in [1.29, 1.82) is 0 Å². The molecule has 1 unspecified atom stereocenters. The van der Waals surface area contributed by atoms with E-state index in [1.54, 1.807) is 12.4 Å². The third-order valence-electron chi connectivity index (χ3n) is 6.07. The van der Waals surface area contributed by atoms with Crippen LogP contribution in [0.5, 0.6) is 5.75 Å². The van der Waals surface area contributed by atoms with Crippen LogP contribution in [0, 0.1) is 6.92 Å². The molecule has 1 aliphatic rings. The summed E-state index contributed by atoms with van der Waals surface area (Å²) in [5, 5.41) is 10.5. The predicted molar refractivity (Wildman–Crippen MR) is 128 cm³/mol. The topological polar surface area (TPSA) is 65.9 Å². The summed E-state index contributed by atoms with van der Waals surface area (Å²) in [4.78, 5) is 21.7. The molecular formula is C27H31N3O3. The van der Waals surface area contributed by atoms with Crippen LogP contribution in [0.2, 0.25) is 0 Å². The quantitative estimate of drug-likeness (QED) is 0.577. The van der Waals surface area contributed by atoms with Crippen LogP contribution < -0.4 is 4.74 Å². The van der Waals surface area contributed by atoms with Gasteiger partial charge in [0.25, 0.3) is 0 Å². The first kappa shape index (κ1) is 23.0. The molecule has 2 heterocycles. The highest BCUT2D eigenvalue weighted by atomic mass is 16.5. The highest BCUT2D eigenvalue weighted by Gasteiger charge is 2.30. The van der Waals surface area contributed by atoms with Crippen molar-refractivity contribution in [3.63, 3.8) is 0 Å². The monoisotopic (exact) mass is 445 g/mol. The number of pyridine rings is 1. The molecule has 1 atom stereocenters. The van der Waals surface area contributed by atoms with E-state index in [0.717, 1.165) is 35.5 Å². The predicted octanol–water partition coefficient (Wildman–Crippen LogP) is 3.11. The number of benzene rings is 2. The Labute approximate surface area is 195 Å². The normalized spacial score (nSPS) is 15.4. The number of nitrogens with zero attached hydrogens (tertiary/aromatic N) is 3. The van der Waals surface area contributed by atoms with E-state index in [9.17, 15) is 9.90 Å². The molecule has 1 aliphatic heterocycles. The highest BCUT2D eigenvalue weighted by molar-refractivity contribution is 5.87. The Balaban J connectivity index is 1.32. The molecule has 0 aliphatic carbocycles. The zero-order chi connectivity index (χ0) is 23.0. The molecule has 0 saturated carbocycles. The van der Waals surface area contributed by atoms with Crippen LogP contribution in [0.15, 0.2) is 79.1 Å². The second-order valence-electron chi connectivity index (χ2n) is 8.49. The van der Waals surface area contributed by atoms with E-state index in [0.29, 0.717) is 19.6 Å². The summed E-state index contributed by atoms with van der Waals surface area (Å²) in [6, 6.07) is 21.8. The van der Waals surface area contributed by atoms with Gasteiger partial charge in [0, 0.05) is 50.7 Å². The first-order valence-corrected chi connectivity index (χ1v) is 11.4. The van der Waals surface area contributed by atoms with E-state index in [-0.39, 0.29) is 18.4 Å². The van der Waals surface area contributed by atoms with Crippen molar-refractivity contribution in [2.24, 2.45) is 0 Å².